The average molecular weight is 296 g/mol. The van der Waals surface area contributed by atoms with E-state index in [1.807, 2.05) is 0 Å². The number of hydrogen-bond acceptors (Lipinski definition) is 4. The Morgan fingerprint density at radius 3 is 2.47 bits per heavy atom. The Bertz CT molecular complexity index is 673. The number of halogens is 3. The first-order valence-corrected chi connectivity index (χ1v) is 5.38. The van der Waals surface area contributed by atoms with Crippen LogP contribution in [0.1, 0.15) is 10.4 Å². The maximum atomic E-state index is 11.5. The maximum Gasteiger partial charge on any atom is 0.417 e. The van der Waals surface area contributed by atoms with Crippen LogP contribution in [0.25, 0.3) is 11.1 Å². The highest BCUT2D eigenvalue weighted by molar-refractivity contribution is 6.51. The minimum atomic E-state index is -0.773. The Morgan fingerprint density at radius 1 is 1.24 bits per heavy atom. The van der Waals surface area contributed by atoms with Gasteiger partial charge in [-0.15, -0.1) is 0 Å². The fourth-order valence-corrected chi connectivity index (χ4v) is 2.09. The molecule has 8 heteroatoms. The van der Waals surface area contributed by atoms with Crippen LogP contribution >= 0.6 is 34.8 Å². The number of aromatic nitrogens is 1. The quantitative estimate of drug-likeness (QED) is 0.649. The number of nitrogens with one attached hydrogen (secondary N) is 1. The molecule has 0 fully saturated rings. The summed E-state index contributed by atoms with van der Waals surface area (Å²) < 4.78 is 9.32. The van der Waals surface area contributed by atoms with Gasteiger partial charge in [0.2, 0.25) is 0 Å². The Kier molecular flexibility index (Phi) is 3.07. The highest BCUT2D eigenvalue weighted by atomic mass is 35.5. The first-order valence-electron chi connectivity index (χ1n) is 4.25. The van der Waals surface area contributed by atoms with Crippen LogP contribution in [0, 0.1) is 0 Å². The molecule has 2 rings (SSSR count). The van der Waals surface area contributed by atoms with Gasteiger partial charge in [-0.2, -0.15) is 0 Å². The zero-order valence-corrected chi connectivity index (χ0v) is 10.5. The van der Waals surface area contributed by atoms with Crippen LogP contribution in [0.5, 0.6) is 0 Å². The van der Waals surface area contributed by atoms with Gasteiger partial charge in [0, 0.05) is 0 Å². The molecule has 17 heavy (non-hydrogen) atoms. The van der Waals surface area contributed by atoms with Crippen molar-refractivity contribution in [1.29, 1.82) is 0 Å². The molecule has 0 atom stereocenters. The van der Waals surface area contributed by atoms with Crippen molar-refractivity contribution in [2.45, 2.75) is 0 Å². The van der Waals surface area contributed by atoms with Crippen LogP contribution in [0.4, 0.5) is 0 Å². The number of ether oxygens (including phenoxy) is 1. The zero-order valence-electron chi connectivity index (χ0n) is 8.27. The fraction of sp³-hybridized carbons (Fsp3) is 0.111. The van der Waals surface area contributed by atoms with E-state index in [9.17, 15) is 9.59 Å². The van der Waals surface area contributed by atoms with Crippen LogP contribution in [0.15, 0.2) is 9.21 Å². The molecule has 0 saturated heterocycles. The average Bonchev–Trinajstić information content (AvgIpc) is 2.68. The highest BCUT2D eigenvalue weighted by Gasteiger charge is 2.24. The summed E-state index contributed by atoms with van der Waals surface area (Å²) in [7, 11) is 1.17. The molecular formula is C9H4Cl3NO4. The van der Waals surface area contributed by atoms with Crippen molar-refractivity contribution in [1.82, 2.24) is 4.98 Å². The third kappa shape index (κ3) is 1.80. The number of carbonyl (C=O) groups excluding carboxylic acids is 1. The second-order valence-corrected chi connectivity index (χ2v) is 4.16. The van der Waals surface area contributed by atoms with Crippen LogP contribution in [0.3, 0.4) is 0 Å². The molecule has 1 aromatic heterocycles. The van der Waals surface area contributed by atoms with E-state index in [1.165, 1.54) is 7.11 Å². The lowest BCUT2D eigenvalue weighted by atomic mass is 10.2. The monoisotopic (exact) mass is 295 g/mol. The molecule has 0 radical (unpaired) electrons. The molecule has 0 aliphatic carbocycles. The van der Waals surface area contributed by atoms with Crippen LogP contribution < -0.4 is 5.76 Å². The minimum Gasteiger partial charge on any atom is -0.465 e. The Balaban J connectivity index is 2.99. The first-order chi connectivity index (χ1) is 7.97. The fourth-order valence-electron chi connectivity index (χ4n) is 1.37. The van der Waals surface area contributed by atoms with Gasteiger partial charge in [-0.3, -0.25) is 4.98 Å². The lowest BCUT2D eigenvalue weighted by molar-refractivity contribution is 0.0603. The molecular weight excluding hydrogens is 292 g/mol. The van der Waals surface area contributed by atoms with Crippen molar-refractivity contribution in [3.8, 4) is 0 Å². The molecule has 0 aliphatic heterocycles. The van der Waals surface area contributed by atoms with Gasteiger partial charge in [0.05, 0.1) is 17.2 Å². The smallest absolute Gasteiger partial charge is 0.417 e. The summed E-state index contributed by atoms with van der Waals surface area (Å²) in [5.74, 6) is -1.53. The van der Waals surface area contributed by atoms with Crippen molar-refractivity contribution < 1.29 is 13.9 Å². The number of carbonyl (C=O) groups is 1. The second-order valence-electron chi connectivity index (χ2n) is 3.03. The third-order valence-corrected chi connectivity index (χ3v) is 3.40. The lowest BCUT2D eigenvalue weighted by Crippen LogP contribution is -2.05. The van der Waals surface area contributed by atoms with E-state index in [2.05, 4.69) is 9.72 Å². The van der Waals surface area contributed by atoms with Gasteiger partial charge >= 0.3 is 11.7 Å². The molecule has 2 aromatic rings. The Labute approximate surface area is 109 Å². The number of H-pyrrole nitrogens is 1. The summed E-state index contributed by atoms with van der Waals surface area (Å²) in [5.41, 5.74) is -0.0721. The normalized spacial score (nSPS) is 10.8. The maximum absolute atomic E-state index is 11.5. The number of esters is 1. The largest absolute Gasteiger partial charge is 0.465 e. The van der Waals surface area contributed by atoms with E-state index in [0.717, 1.165) is 0 Å². The van der Waals surface area contributed by atoms with Crippen molar-refractivity contribution in [3.63, 3.8) is 0 Å². The van der Waals surface area contributed by atoms with E-state index in [0.29, 0.717) is 0 Å². The van der Waals surface area contributed by atoms with E-state index < -0.39 is 11.7 Å². The minimum absolute atomic E-state index is 0.0357. The topological polar surface area (TPSA) is 72.3 Å². The van der Waals surface area contributed by atoms with Crippen molar-refractivity contribution in [2.75, 3.05) is 7.11 Å². The van der Waals surface area contributed by atoms with Gasteiger partial charge in [-0.1, -0.05) is 34.8 Å². The third-order valence-electron chi connectivity index (χ3n) is 2.09. The van der Waals surface area contributed by atoms with Gasteiger partial charge in [-0.25, -0.2) is 9.59 Å². The number of benzene rings is 1. The molecule has 0 unspecified atom stereocenters. The van der Waals surface area contributed by atoms with Gasteiger partial charge in [0.1, 0.15) is 16.1 Å². The predicted octanol–water partition coefficient (Wildman–Crippen LogP) is 2.87. The van der Waals surface area contributed by atoms with E-state index in [1.54, 1.807) is 0 Å². The molecule has 1 heterocycles. The van der Waals surface area contributed by atoms with Gasteiger partial charge < -0.3 is 9.15 Å². The van der Waals surface area contributed by atoms with Gasteiger partial charge in [0.25, 0.3) is 0 Å². The molecule has 0 amide bonds. The Hall–Kier alpha value is -1.17. The summed E-state index contributed by atoms with van der Waals surface area (Å²) in [6, 6.07) is 0. The molecule has 1 N–H and O–H groups in total. The number of rotatable bonds is 1. The summed E-state index contributed by atoms with van der Waals surface area (Å²) >= 11 is 17.5. The van der Waals surface area contributed by atoms with Crippen LogP contribution in [0.2, 0.25) is 15.1 Å². The number of fused-ring (bicyclic) bond motifs is 1. The summed E-state index contributed by atoms with van der Waals surface area (Å²) in [5, 5.41) is -0.227. The number of aromatic amines is 1. The van der Waals surface area contributed by atoms with Gasteiger partial charge in [-0.05, 0) is 0 Å². The van der Waals surface area contributed by atoms with Crippen molar-refractivity contribution in [3.05, 3.63) is 31.2 Å². The predicted molar refractivity (Wildman–Crippen MR) is 63.2 cm³/mol. The highest BCUT2D eigenvalue weighted by Crippen LogP contribution is 2.39. The molecule has 5 nitrogen and oxygen atoms in total. The molecule has 0 aliphatic rings. The summed E-state index contributed by atoms with van der Waals surface area (Å²) in [4.78, 5) is 25.0. The standard InChI is InChI=1S/C9H4Cl3NO4/c1-16-8(14)2-3(10)4(11)5(12)7-6(2)13-9(15)17-7/h1H3,(H,13,15). The number of hydrogen-bond donors (Lipinski definition) is 1. The Morgan fingerprint density at radius 2 is 1.88 bits per heavy atom. The van der Waals surface area contributed by atoms with E-state index in [4.69, 9.17) is 39.2 Å². The SMILES string of the molecule is COC(=O)c1c(Cl)c(Cl)c(Cl)c2oc(=O)[nH]c12. The van der Waals surface area contributed by atoms with E-state index in [-0.39, 0.29) is 31.7 Å². The van der Waals surface area contributed by atoms with Crippen LogP contribution in [-0.2, 0) is 4.74 Å². The molecule has 0 bridgehead atoms. The number of oxazole rings is 1. The number of methoxy groups -OCH3 is 1. The van der Waals surface area contributed by atoms with Gasteiger partial charge in [0.15, 0.2) is 5.58 Å². The summed E-state index contributed by atoms with van der Waals surface area (Å²) in [6.45, 7) is 0. The van der Waals surface area contributed by atoms with E-state index >= 15 is 0 Å². The second kappa shape index (κ2) is 4.25. The molecule has 0 saturated carbocycles. The molecule has 90 valence electrons. The first kappa shape index (κ1) is 12.3. The lowest BCUT2D eigenvalue weighted by Gasteiger charge is -2.06. The molecule has 0 spiro atoms. The van der Waals surface area contributed by atoms with Crippen molar-refractivity contribution >= 4 is 51.9 Å². The summed E-state index contributed by atoms with van der Waals surface area (Å²) in [6.07, 6.45) is 0. The van der Waals surface area contributed by atoms with Crippen LogP contribution in [-0.4, -0.2) is 18.1 Å². The zero-order chi connectivity index (χ0) is 12.7. The van der Waals surface area contributed by atoms with Crippen molar-refractivity contribution in [2.24, 2.45) is 0 Å². The molecule has 1 aromatic carbocycles.